The number of carboxylic acid groups (broad SMARTS) is 1. The topological polar surface area (TPSA) is 79.5 Å². The van der Waals surface area contributed by atoms with Crippen molar-refractivity contribution in [2.24, 2.45) is 0 Å². The minimum absolute atomic E-state index is 0.367. The van der Waals surface area contributed by atoms with Crippen LogP contribution >= 0.6 is 0 Å². The summed E-state index contributed by atoms with van der Waals surface area (Å²) in [6, 6.07) is 8.34. The minimum atomic E-state index is -1.06. The lowest BCUT2D eigenvalue weighted by molar-refractivity contribution is -0.141. The molecule has 0 saturated heterocycles. The van der Waals surface area contributed by atoms with E-state index in [9.17, 15) is 9.59 Å². The fourth-order valence-electron chi connectivity index (χ4n) is 1.75. The fourth-order valence-corrected chi connectivity index (χ4v) is 1.75. The molecule has 2 aromatic rings. The number of benzene rings is 1. The van der Waals surface area contributed by atoms with Gasteiger partial charge in [0, 0.05) is 5.39 Å². The van der Waals surface area contributed by atoms with E-state index in [1.165, 1.54) is 6.92 Å². The highest BCUT2D eigenvalue weighted by Crippen LogP contribution is 2.25. The van der Waals surface area contributed by atoms with Gasteiger partial charge in [0.15, 0.2) is 0 Å². The van der Waals surface area contributed by atoms with Gasteiger partial charge in [0.2, 0.25) is 5.91 Å². The van der Waals surface area contributed by atoms with Crippen molar-refractivity contribution in [3.8, 4) is 0 Å². The van der Waals surface area contributed by atoms with E-state index < -0.39 is 17.9 Å². The molecule has 1 aromatic carbocycles. The molecular formula is C14H15NO4. The van der Waals surface area contributed by atoms with Crippen LogP contribution < -0.4 is 5.32 Å². The maximum Gasteiger partial charge on any atom is 0.325 e. The summed E-state index contributed by atoms with van der Waals surface area (Å²) in [6.07, 6.45) is 0. The van der Waals surface area contributed by atoms with Crippen molar-refractivity contribution in [3.63, 3.8) is 0 Å². The molecule has 0 aliphatic heterocycles. The molecular weight excluding hydrogens is 246 g/mol. The van der Waals surface area contributed by atoms with Crippen LogP contribution in [0.1, 0.15) is 25.5 Å². The minimum Gasteiger partial charge on any atom is -0.480 e. The number of carbonyl (C=O) groups is 2. The second-order valence-electron chi connectivity index (χ2n) is 4.48. The lowest BCUT2D eigenvalue weighted by Gasteiger charge is -2.12. The Morgan fingerprint density at radius 3 is 2.58 bits per heavy atom. The Balaban J connectivity index is 2.16. The molecule has 2 atom stereocenters. The highest BCUT2D eigenvalue weighted by atomic mass is 16.4. The molecule has 0 radical (unpaired) electrons. The summed E-state index contributed by atoms with van der Waals surface area (Å²) >= 11 is 0. The van der Waals surface area contributed by atoms with Crippen LogP contribution in [-0.4, -0.2) is 23.0 Å². The van der Waals surface area contributed by atoms with Crippen molar-refractivity contribution in [1.82, 2.24) is 5.32 Å². The normalized spacial score (nSPS) is 14.0. The number of fused-ring (bicyclic) bond motifs is 1. The number of amides is 1. The van der Waals surface area contributed by atoms with E-state index in [1.54, 1.807) is 13.0 Å². The van der Waals surface area contributed by atoms with Crippen LogP contribution in [0.5, 0.6) is 0 Å². The molecule has 2 rings (SSSR count). The van der Waals surface area contributed by atoms with Crippen LogP contribution in [0.2, 0.25) is 0 Å². The van der Waals surface area contributed by atoms with Crippen molar-refractivity contribution < 1.29 is 19.1 Å². The summed E-state index contributed by atoms with van der Waals surface area (Å²) < 4.78 is 5.58. The molecule has 1 aromatic heterocycles. The number of hydrogen-bond donors (Lipinski definition) is 2. The van der Waals surface area contributed by atoms with E-state index in [2.05, 4.69) is 5.32 Å². The molecule has 19 heavy (non-hydrogen) atoms. The molecule has 0 fully saturated rings. The Bertz CT molecular complexity index is 584. The monoisotopic (exact) mass is 261 g/mol. The SMILES string of the molecule is CC(C(=O)N[C@H](C)C(=O)O)c1cc2ccccc2o1. The molecule has 100 valence electrons. The maximum atomic E-state index is 11.9. The van der Waals surface area contributed by atoms with Gasteiger partial charge in [-0.3, -0.25) is 9.59 Å². The molecule has 5 nitrogen and oxygen atoms in total. The Kier molecular flexibility index (Phi) is 3.55. The van der Waals surface area contributed by atoms with Crippen LogP contribution in [0.25, 0.3) is 11.0 Å². The Labute approximate surface area is 110 Å². The van der Waals surface area contributed by atoms with Crippen molar-refractivity contribution in [2.75, 3.05) is 0 Å². The molecule has 2 N–H and O–H groups in total. The van der Waals surface area contributed by atoms with Gasteiger partial charge in [-0.2, -0.15) is 0 Å². The van der Waals surface area contributed by atoms with Gasteiger partial charge < -0.3 is 14.8 Å². The van der Waals surface area contributed by atoms with Crippen LogP contribution in [0.15, 0.2) is 34.7 Å². The molecule has 5 heteroatoms. The smallest absolute Gasteiger partial charge is 0.325 e. The number of nitrogens with one attached hydrogen (secondary N) is 1. The number of carbonyl (C=O) groups excluding carboxylic acids is 1. The number of rotatable bonds is 4. The van der Waals surface area contributed by atoms with Gasteiger partial charge in [0.1, 0.15) is 17.4 Å². The first-order chi connectivity index (χ1) is 8.99. The number of furan rings is 1. The first kappa shape index (κ1) is 13.1. The predicted octanol–water partition coefficient (Wildman–Crippen LogP) is 2.13. The van der Waals surface area contributed by atoms with Gasteiger partial charge in [-0.15, -0.1) is 0 Å². The summed E-state index contributed by atoms with van der Waals surface area (Å²) in [5, 5.41) is 12.1. The molecule has 1 unspecified atom stereocenters. The van der Waals surface area contributed by atoms with Gasteiger partial charge >= 0.3 is 5.97 Å². The van der Waals surface area contributed by atoms with E-state index in [0.717, 1.165) is 5.39 Å². The molecule has 0 spiro atoms. The first-order valence-corrected chi connectivity index (χ1v) is 6.00. The molecule has 0 bridgehead atoms. The number of carboxylic acids is 1. The van der Waals surface area contributed by atoms with Gasteiger partial charge in [0.25, 0.3) is 0 Å². The van der Waals surface area contributed by atoms with E-state index >= 15 is 0 Å². The zero-order chi connectivity index (χ0) is 14.0. The average Bonchev–Trinajstić information content (AvgIpc) is 2.81. The zero-order valence-electron chi connectivity index (χ0n) is 10.7. The summed E-state index contributed by atoms with van der Waals surface area (Å²) in [4.78, 5) is 22.6. The average molecular weight is 261 g/mol. The van der Waals surface area contributed by atoms with Crippen LogP contribution in [-0.2, 0) is 9.59 Å². The predicted molar refractivity (Wildman–Crippen MR) is 69.9 cm³/mol. The van der Waals surface area contributed by atoms with Crippen molar-refractivity contribution >= 4 is 22.8 Å². The van der Waals surface area contributed by atoms with Gasteiger partial charge in [0.05, 0.1) is 5.92 Å². The Hall–Kier alpha value is -2.30. The zero-order valence-corrected chi connectivity index (χ0v) is 10.7. The van der Waals surface area contributed by atoms with E-state index in [-0.39, 0.29) is 5.91 Å². The maximum absolute atomic E-state index is 11.9. The number of aliphatic carboxylic acids is 1. The van der Waals surface area contributed by atoms with Gasteiger partial charge in [-0.05, 0) is 26.0 Å². The summed E-state index contributed by atoms with van der Waals surface area (Å²) in [5.41, 5.74) is 0.712. The largest absolute Gasteiger partial charge is 0.480 e. The second-order valence-corrected chi connectivity index (χ2v) is 4.48. The van der Waals surface area contributed by atoms with Gasteiger partial charge in [-0.1, -0.05) is 18.2 Å². The van der Waals surface area contributed by atoms with Crippen molar-refractivity contribution in [2.45, 2.75) is 25.8 Å². The Morgan fingerprint density at radius 2 is 1.95 bits per heavy atom. The Morgan fingerprint density at radius 1 is 1.26 bits per heavy atom. The second kappa shape index (κ2) is 5.14. The van der Waals surface area contributed by atoms with E-state index in [4.69, 9.17) is 9.52 Å². The lowest BCUT2D eigenvalue weighted by atomic mass is 10.1. The molecule has 1 heterocycles. The molecule has 0 aliphatic rings. The highest BCUT2D eigenvalue weighted by molar-refractivity contribution is 5.88. The van der Waals surface area contributed by atoms with E-state index in [0.29, 0.717) is 11.3 Å². The summed E-state index contributed by atoms with van der Waals surface area (Å²) in [6.45, 7) is 3.10. The quantitative estimate of drug-likeness (QED) is 0.883. The van der Waals surface area contributed by atoms with E-state index in [1.807, 2.05) is 24.3 Å². The van der Waals surface area contributed by atoms with Crippen LogP contribution in [0.4, 0.5) is 0 Å². The standard InChI is InChI=1S/C14H15NO4/c1-8(13(16)15-9(2)14(17)18)12-7-10-5-3-4-6-11(10)19-12/h3-9H,1-2H3,(H,15,16)(H,17,18)/t8?,9-/m1/s1. The number of para-hydroxylation sites is 1. The van der Waals surface area contributed by atoms with Crippen LogP contribution in [0, 0.1) is 0 Å². The molecule has 0 saturated carbocycles. The first-order valence-electron chi connectivity index (χ1n) is 6.00. The summed E-state index contributed by atoms with van der Waals surface area (Å²) in [7, 11) is 0. The third-order valence-electron chi connectivity index (χ3n) is 2.99. The van der Waals surface area contributed by atoms with Crippen LogP contribution in [0.3, 0.4) is 0 Å². The third kappa shape index (κ3) is 2.76. The number of hydrogen-bond acceptors (Lipinski definition) is 3. The summed E-state index contributed by atoms with van der Waals surface area (Å²) in [5.74, 6) is -1.44. The van der Waals surface area contributed by atoms with Crippen molar-refractivity contribution in [1.29, 1.82) is 0 Å². The fraction of sp³-hybridized carbons (Fsp3) is 0.286. The lowest BCUT2D eigenvalue weighted by Crippen LogP contribution is -2.40. The third-order valence-corrected chi connectivity index (χ3v) is 2.99. The highest BCUT2D eigenvalue weighted by Gasteiger charge is 2.22. The van der Waals surface area contributed by atoms with Crippen molar-refractivity contribution in [3.05, 3.63) is 36.1 Å². The van der Waals surface area contributed by atoms with Gasteiger partial charge in [-0.25, -0.2) is 0 Å². The molecule has 0 aliphatic carbocycles. The molecule has 1 amide bonds.